The lowest BCUT2D eigenvalue weighted by molar-refractivity contribution is -0.112. The van der Waals surface area contributed by atoms with Crippen LogP contribution in [0.15, 0.2) is 48.0 Å². The van der Waals surface area contributed by atoms with Crippen molar-refractivity contribution in [2.75, 3.05) is 18.5 Å². The zero-order chi connectivity index (χ0) is 20.4. The molecule has 0 spiro atoms. The first-order chi connectivity index (χ1) is 13.6. The molecule has 0 radical (unpaired) electrons. The summed E-state index contributed by atoms with van der Waals surface area (Å²) in [6, 6.07) is 14.8. The molecule has 0 fully saturated rings. The van der Waals surface area contributed by atoms with Gasteiger partial charge in [-0.2, -0.15) is 5.26 Å². The minimum atomic E-state index is -0.446. The quantitative estimate of drug-likeness (QED) is 0.373. The van der Waals surface area contributed by atoms with Gasteiger partial charge in [-0.05, 0) is 55.7 Å². The van der Waals surface area contributed by atoms with Gasteiger partial charge in [0.15, 0.2) is 11.5 Å². The Hall–Kier alpha value is -3.26. The maximum atomic E-state index is 12.5. The molecule has 28 heavy (non-hydrogen) atoms. The molecule has 0 bridgehead atoms. The third-order valence-electron chi connectivity index (χ3n) is 4.09. The summed E-state index contributed by atoms with van der Waals surface area (Å²) < 4.78 is 11.4. The predicted octanol–water partition coefficient (Wildman–Crippen LogP) is 5.12. The van der Waals surface area contributed by atoms with Crippen molar-refractivity contribution in [1.29, 1.82) is 5.26 Å². The van der Waals surface area contributed by atoms with E-state index < -0.39 is 5.91 Å². The SMILES string of the molecule is CCCCOc1ccc(C=C(C#N)C(=O)Nc2ccccc2C)cc1OCC. The van der Waals surface area contributed by atoms with Gasteiger partial charge in [0.25, 0.3) is 5.91 Å². The fraction of sp³-hybridized carbons (Fsp3) is 0.304. The summed E-state index contributed by atoms with van der Waals surface area (Å²) in [5.41, 5.74) is 2.33. The number of nitrogens with zero attached hydrogens (tertiary/aromatic N) is 1. The van der Waals surface area contributed by atoms with Crippen LogP contribution in [0.5, 0.6) is 11.5 Å². The number of anilines is 1. The summed E-state index contributed by atoms with van der Waals surface area (Å²) in [6.07, 6.45) is 3.56. The Labute approximate surface area is 166 Å². The minimum absolute atomic E-state index is 0.0188. The summed E-state index contributed by atoms with van der Waals surface area (Å²) >= 11 is 0. The van der Waals surface area contributed by atoms with E-state index in [1.165, 1.54) is 0 Å². The number of amides is 1. The lowest BCUT2D eigenvalue weighted by atomic mass is 10.1. The Kier molecular flexibility index (Phi) is 8.11. The van der Waals surface area contributed by atoms with Crippen LogP contribution >= 0.6 is 0 Å². The van der Waals surface area contributed by atoms with Crippen molar-refractivity contribution in [2.45, 2.75) is 33.6 Å². The van der Waals surface area contributed by atoms with Crippen molar-refractivity contribution in [2.24, 2.45) is 0 Å². The number of aryl methyl sites for hydroxylation is 1. The summed E-state index contributed by atoms with van der Waals surface area (Å²) in [7, 11) is 0. The molecule has 0 aromatic heterocycles. The van der Waals surface area contributed by atoms with E-state index in [2.05, 4.69) is 12.2 Å². The topological polar surface area (TPSA) is 71.3 Å². The highest BCUT2D eigenvalue weighted by atomic mass is 16.5. The van der Waals surface area contributed by atoms with Gasteiger partial charge in [0, 0.05) is 5.69 Å². The number of para-hydroxylation sites is 1. The van der Waals surface area contributed by atoms with Gasteiger partial charge in [-0.15, -0.1) is 0 Å². The summed E-state index contributed by atoms with van der Waals surface area (Å²) in [5, 5.41) is 12.2. The van der Waals surface area contributed by atoms with Crippen molar-refractivity contribution >= 4 is 17.7 Å². The highest BCUT2D eigenvalue weighted by molar-refractivity contribution is 6.10. The van der Waals surface area contributed by atoms with Gasteiger partial charge >= 0.3 is 0 Å². The molecule has 146 valence electrons. The number of hydrogen-bond donors (Lipinski definition) is 1. The molecule has 0 saturated carbocycles. The number of hydrogen-bond acceptors (Lipinski definition) is 4. The van der Waals surface area contributed by atoms with Gasteiger partial charge in [-0.1, -0.05) is 37.6 Å². The molecule has 1 amide bonds. The van der Waals surface area contributed by atoms with Crippen molar-refractivity contribution in [3.63, 3.8) is 0 Å². The van der Waals surface area contributed by atoms with Gasteiger partial charge in [0.05, 0.1) is 13.2 Å². The molecule has 5 nitrogen and oxygen atoms in total. The van der Waals surface area contributed by atoms with Crippen molar-refractivity contribution < 1.29 is 14.3 Å². The standard InChI is InChI=1S/C23H26N2O3/c1-4-6-13-28-21-12-11-18(15-22(21)27-5-2)14-19(16-24)23(26)25-20-10-8-7-9-17(20)3/h7-12,14-15H,4-6,13H2,1-3H3,(H,25,26). The number of nitriles is 1. The van der Waals surface area contributed by atoms with Gasteiger partial charge < -0.3 is 14.8 Å². The zero-order valence-corrected chi connectivity index (χ0v) is 16.6. The first-order valence-corrected chi connectivity index (χ1v) is 9.47. The van der Waals surface area contributed by atoms with Gasteiger partial charge in [0.2, 0.25) is 0 Å². The Morgan fingerprint density at radius 1 is 1.14 bits per heavy atom. The average Bonchev–Trinajstić information content (AvgIpc) is 2.69. The molecule has 1 N–H and O–H groups in total. The molecule has 0 unspecified atom stereocenters. The number of carbonyl (C=O) groups is 1. The second-order valence-corrected chi connectivity index (χ2v) is 6.28. The number of carbonyl (C=O) groups excluding carboxylic acids is 1. The molecule has 2 rings (SSSR count). The Morgan fingerprint density at radius 2 is 1.93 bits per heavy atom. The molecular formula is C23H26N2O3. The van der Waals surface area contributed by atoms with Crippen LogP contribution in [0.1, 0.15) is 37.8 Å². The molecule has 0 saturated heterocycles. The van der Waals surface area contributed by atoms with E-state index in [4.69, 9.17) is 9.47 Å². The van der Waals surface area contributed by atoms with Crippen molar-refractivity contribution in [3.8, 4) is 17.6 Å². The van der Waals surface area contributed by atoms with Crippen LogP contribution < -0.4 is 14.8 Å². The first-order valence-electron chi connectivity index (χ1n) is 9.47. The van der Waals surface area contributed by atoms with Crippen LogP contribution in [0.3, 0.4) is 0 Å². The van der Waals surface area contributed by atoms with Crippen LogP contribution in [0.25, 0.3) is 6.08 Å². The van der Waals surface area contributed by atoms with Crippen LogP contribution in [0.2, 0.25) is 0 Å². The lowest BCUT2D eigenvalue weighted by Crippen LogP contribution is -2.14. The van der Waals surface area contributed by atoms with Gasteiger partial charge in [-0.25, -0.2) is 0 Å². The number of rotatable bonds is 9. The largest absolute Gasteiger partial charge is 0.490 e. The number of unbranched alkanes of at least 4 members (excludes halogenated alkanes) is 1. The van der Waals surface area contributed by atoms with Crippen LogP contribution in [0, 0.1) is 18.3 Å². The van der Waals surface area contributed by atoms with Crippen molar-refractivity contribution in [1.82, 2.24) is 0 Å². The van der Waals surface area contributed by atoms with E-state index in [9.17, 15) is 10.1 Å². The molecule has 2 aromatic carbocycles. The zero-order valence-electron chi connectivity index (χ0n) is 16.6. The number of nitrogens with one attached hydrogen (secondary N) is 1. The highest BCUT2D eigenvalue weighted by Gasteiger charge is 2.12. The fourth-order valence-electron chi connectivity index (χ4n) is 2.55. The van der Waals surface area contributed by atoms with E-state index in [1.54, 1.807) is 24.3 Å². The lowest BCUT2D eigenvalue weighted by Gasteiger charge is -2.12. The second kappa shape index (κ2) is 10.8. The van der Waals surface area contributed by atoms with E-state index in [0.717, 1.165) is 18.4 Å². The van der Waals surface area contributed by atoms with Crippen LogP contribution in [0.4, 0.5) is 5.69 Å². The Morgan fingerprint density at radius 3 is 2.61 bits per heavy atom. The summed E-state index contributed by atoms with van der Waals surface area (Å²) in [5.74, 6) is 0.817. The number of ether oxygens (including phenoxy) is 2. The summed E-state index contributed by atoms with van der Waals surface area (Å²) in [6.45, 7) is 7.02. The molecule has 0 atom stereocenters. The summed E-state index contributed by atoms with van der Waals surface area (Å²) in [4.78, 5) is 12.5. The fourth-order valence-corrected chi connectivity index (χ4v) is 2.55. The Balaban J connectivity index is 2.22. The molecule has 2 aromatic rings. The van der Waals surface area contributed by atoms with E-state index in [0.29, 0.717) is 36.0 Å². The monoisotopic (exact) mass is 378 g/mol. The molecule has 0 aliphatic carbocycles. The molecule has 0 aliphatic rings. The number of benzene rings is 2. The van der Waals surface area contributed by atoms with E-state index in [1.807, 2.05) is 44.2 Å². The van der Waals surface area contributed by atoms with Crippen LogP contribution in [-0.2, 0) is 4.79 Å². The normalized spacial score (nSPS) is 10.9. The van der Waals surface area contributed by atoms with Gasteiger partial charge in [0.1, 0.15) is 11.6 Å². The maximum absolute atomic E-state index is 12.5. The van der Waals surface area contributed by atoms with Gasteiger partial charge in [-0.3, -0.25) is 4.79 Å². The third-order valence-corrected chi connectivity index (χ3v) is 4.09. The van der Waals surface area contributed by atoms with E-state index in [-0.39, 0.29) is 5.57 Å². The molecule has 0 heterocycles. The van der Waals surface area contributed by atoms with E-state index >= 15 is 0 Å². The smallest absolute Gasteiger partial charge is 0.266 e. The molecule has 5 heteroatoms. The first kappa shape index (κ1) is 21.0. The average molecular weight is 378 g/mol. The van der Waals surface area contributed by atoms with Crippen molar-refractivity contribution in [3.05, 3.63) is 59.2 Å². The molecule has 0 aliphatic heterocycles. The third kappa shape index (κ3) is 5.88. The highest BCUT2D eigenvalue weighted by Crippen LogP contribution is 2.29. The Bertz CT molecular complexity index is 882. The predicted molar refractivity (Wildman–Crippen MR) is 111 cm³/mol. The molecular weight excluding hydrogens is 352 g/mol. The second-order valence-electron chi connectivity index (χ2n) is 6.28. The van der Waals surface area contributed by atoms with Crippen LogP contribution in [-0.4, -0.2) is 19.1 Å². The maximum Gasteiger partial charge on any atom is 0.266 e. The minimum Gasteiger partial charge on any atom is -0.490 e.